The maximum atomic E-state index is 11.1. The monoisotopic (exact) mass is 511 g/mol. The van der Waals surface area contributed by atoms with Gasteiger partial charge < -0.3 is 10.1 Å². The van der Waals surface area contributed by atoms with E-state index in [9.17, 15) is 8.42 Å². The summed E-state index contributed by atoms with van der Waals surface area (Å²) in [7, 11) is -3.48. The number of nitrogens with one attached hydrogen (secondary N) is 1. The van der Waals surface area contributed by atoms with Gasteiger partial charge in [-0.15, -0.1) is 5.10 Å². The molecule has 0 amide bonds. The fraction of sp³-hybridized carbons (Fsp3) is 0.375. The molecule has 0 radical (unpaired) electrons. The van der Waals surface area contributed by atoms with Crippen molar-refractivity contribution >= 4 is 27.4 Å². The summed E-state index contributed by atoms with van der Waals surface area (Å²) in [6, 6.07) is 13.5. The Morgan fingerprint density at radius 3 is 2.61 bits per heavy atom. The number of aromatic nitrogens is 5. The Hall–Kier alpha value is -3.48. The average molecular weight is 512 g/mol. The molecule has 1 aromatic carbocycles. The normalized spacial score (nSPS) is 14.5. The molecule has 0 bridgehead atoms. The molecule has 190 valence electrons. The minimum Gasteiger partial charge on any atom is -0.492 e. The Labute approximate surface area is 209 Å². The van der Waals surface area contributed by atoms with Gasteiger partial charge in [-0.3, -0.25) is 13.8 Å². The lowest BCUT2D eigenvalue weighted by molar-refractivity contribution is 0.238. The molecule has 3 aromatic heterocycles. The molecule has 4 heterocycles. The van der Waals surface area contributed by atoms with Crippen LogP contribution in [-0.2, 0) is 20.8 Å². The highest BCUT2D eigenvalue weighted by atomic mass is 32.2. The van der Waals surface area contributed by atoms with Gasteiger partial charge in [0.15, 0.2) is 5.65 Å². The van der Waals surface area contributed by atoms with E-state index in [1.54, 1.807) is 15.4 Å². The third-order valence-electron chi connectivity index (χ3n) is 5.89. The topological polar surface area (TPSA) is 116 Å². The third-order valence-corrected chi connectivity index (χ3v) is 6.49. The summed E-state index contributed by atoms with van der Waals surface area (Å²) in [5.41, 5.74) is 3.18. The van der Waals surface area contributed by atoms with E-state index < -0.39 is 10.1 Å². The lowest BCUT2D eigenvalue weighted by atomic mass is 10.2. The number of benzene rings is 1. The summed E-state index contributed by atoms with van der Waals surface area (Å²) >= 11 is 0. The highest BCUT2D eigenvalue weighted by molar-refractivity contribution is 7.85. The van der Waals surface area contributed by atoms with Gasteiger partial charge in [0.2, 0.25) is 5.95 Å². The first-order valence-electron chi connectivity index (χ1n) is 11.9. The summed E-state index contributed by atoms with van der Waals surface area (Å²) in [6.07, 6.45) is 7.11. The van der Waals surface area contributed by atoms with Crippen LogP contribution >= 0.6 is 0 Å². The molecule has 1 aliphatic rings. The van der Waals surface area contributed by atoms with Gasteiger partial charge in [-0.05, 0) is 62.3 Å². The Kier molecular flexibility index (Phi) is 7.16. The SMILES string of the molecule is CS(=O)(=O)OCCn1cc(-c2cccc3nc(Nc4ccc(OCCN5CCCC5)cc4)nn23)cn1. The van der Waals surface area contributed by atoms with Crippen molar-refractivity contribution in [3.8, 4) is 17.0 Å². The number of fused-ring (bicyclic) bond motifs is 1. The molecule has 36 heavy (non-hydrogen) atoms. The average Bonchev–Trinajstić information content (AvgIpc) is 3.60. The van der Waals surface area contributed by atoms with Crippen LogP contribution in [0.15, 0.2) is 54.9 Å². The van der Waals surface area contributed by atoms with Crippen LogP contribution in [0.25, 0.3) is 16.9 Å². The van der Waals surface area contributed by atoms with Crippen molar-refractivity contribution in [2.45, 2.75) is 19.4 Å². The molecule has 0 spiro atoms. The van der Waals surface area contributed by atoms with Gasteiger partial charge in [0.1, 0.15) is 12.4 Å². The summed E-state index contributed by atoms with van der Waals surface area (Å²) in [5, 5.41) is 12.2. The first-order chi connectivity index (χ1) is 17.4. The molecule has 11 nitrogen and oxygen atoms in total. The summed E-state index contributed by atoms with van der Waals surface area (Å²) < 4.78 is 36.3. The standard InChI is InChI=1S/C24H29N7O4S/c1-36(32,33)35-16-14-30-18-19(17-25-30)22-5-4-6-23-27-24(28-31(22)23)26-20-7-9-21(10-8-20)34-15-13-29-11-2-3-12-29/h4-10,17-18H,2-3,11-16H2,1H3,(H,26,28). The molecule has 0 unspecified atom stereocenters. The Bertz CT molecular complexity index is 1410. The van der Waals surface area contributed by atoms with Gasteiger partial charge in [0, 0.05) is 24.0 Å². The quantitative estimate of drug-likeness (QED) is 0.303. The second-order valence-corrected chi connectivity index (χ2v) is 10.3. The Balaban J connectivity index is 1.22. The fourth-order valence-corrected chi connectivity index (χ4v) is 4.52. The van der Waals surface area contributed by atoms with Gasteiger partial charge in [0.25, 0.3) is 10.1 Å². The molecule has 5 rings (SSSR count). The van der Waals surface area contributed by atoms with Gasteiger partial charge in [-0.2, -0.15) is 18.5 Å². The number of ether oxygens (including phenoxy) is 1. The van der Waals surface area contributed by atoms with Crippen LogP contribution in [0.5, 0.6) is 5.75 Å². The second-order valence-electron chi connectivity index (χ2n) is 8.68. The van der Waals surface area contributed by atoms with E-state index in [0.717, 1.165) is 35.5 Å². The highest BCUT2D eigenvalue weighted by Gasteiger charge is 2.12. The summed E-state index contributed by atoms with van der Waals surface area (Å²) in [4.78, 5) is 7.01. The first-order valence-corrected chi connectivity index (χ1v) is 13.7. The van der Waals surface area contributed by atoms with Crippen molar-refractivity contribution < 1.29 is 17.3 Å². The lowest BCUT2D eigenvalue weighted by Gasteiger charge is -2.15. The summed E-state index contributed by atoms with van der Waals surface area (Å²) in [6.45, 7) is 4.31. The largest absolute Gasteiger partial charge is 0.492 e. The smallest absolute Gasteiger partial charge is 0.264 e. The number of anilines is 2. The van der Waals surface area contributed by atoms with Crippen LogP contribution in [0.2, 0.25) is 0 Å². The predicted molar refractivity (Wildman–Crippen MR) is 136 cm³/mol. The van der Waals surface area contributed by atoms with Gasteiger partial charge in [0.05, 0.1) is 31.3 Å². The van der Waals surface area contributed by atoms with Crippen LogP contribution in [-0.4, -0.2) is 76.8 Å². The Morgan fingerprint density at radius 1 is 1.03 bits per heavy atom. The number of hydrogen-bond donors (Lipinski definition) is 1. The maximum absolute atomic E-state index is 11.1. The molecule has 0 aliphatic carbocycles. The zero-order chi connectivity index (χ0) is 25.0. The van der Waals surface area contributed by atoms with Crippen molar-refractivity contribution in [2.75, 3.05) is 44.4 Å². The van der Waals surface area contributed by atoms with Gasteiger partial charge in [-0.25, -0.2) is 4.52 Å². The van der Waals surface area contributed by atoms with Crippen molar-refractivity contribution in [2.24, 2.45) is 0 Å². The number of rotatable bonds is 11. The molecule has 1 saturated heterocycles. The van der Waals surface area contributed by atoms with Gasteiger partial charge in [-0.1, -0.05) is 6.07 Å². The molecule has 1 fully saturated rings. The van der Waals surface area contributed by atoms with Crippen LogP contribution in [0.1, 0.15) is 12.8 Å². The van der Waals surface area contributed by atoms with Crippen molar-refractivity contribution in [3.63, 3.8) is 0 Å². The number of hydrogen-bond acceptors (Lipinski definition) is 9. The third kappa shape index (κ3) is 6.20. The van der Waals surface area contributed by atoms with Gasteiger partial charge >= 0.3 is 0 Å². The van der Waals surface area contributed by atoms with E-state index in [1.807, 2.05) is 48.7 Å². The van der Waals surface area contributed by atoms with E-state index in [-0.39, 0.29) is 6.61 Å². The summed E-state index contributed by atoms with van der Waals surface area (Å²) in [5.74, 6) is 1.31. The van der Waals surface area contributed by atoms with Crippen molar-refractivity contribution in [3.05, 3.63) is 54.9 Å². The van der Waals surface area contributed by atoms with E-state index >= 15 is 0 Å². The van der Waals surface area contributed by atoms with Crippen LogP contribution in [0, 0.1) is 0 Å². The molecule has 12 heteroatoms. The number of likely N-dealkylation sites (tertiary alicyclic amines) is 1. The molecular weight excluding hydrogens is 482 g/mol. The molecule has 0 saturated carbocycles. The fourth-order valence-electron chi connectivity index (χ4n) is 4.14. The number of pyridine rings is 1. The molecule has 0 atom stereocenters. The van der Waals surface area contributed by atoms with E-state index in [2.05, 4.69) is 25.4 Å². The molecular formula is C24H29N7O4S. The molecule has 4 aromatic rings. The van der Waals surface area contributed by atoms with Crippen LogP contribution < -0.4 is 10.1 Å². The maximum Gasteiger partial charge on any atom is 0.264 e. The number of nitrogens with zero attached hydrogens (tertiary/aromatic N) is 6. The predicted octanol–water partition coefficient (Wildman–Crippen LogP) is 2.79. The lowest BCUT2D eigenvalue weighted by Crippen LogP contribution is -2.25. The van der Waals surface area contributed by atoms with Crippen molar-refractivity contribution in [1.29, 1.82) is 0 Å². The van der Waals surface area contributed by atoms with E-state index in [4.69, 9.17) is 8.92 Å². The minimum atomic E-state index is -3.48. The second kappa shape index (κ2) is 10.6. The van der Waals surface area contributed by atoms with Crippen LogP contribution in [0.4, 0.5) is 11.6 Å². The highest BCUT2D eigenvalue weighted by Crippen LogP contribution is 2.23. The Morgan fingerprint density at radius 2 is 1.83 bits per heavy atom. The molecule has 1 N–H and O–H groups in total. The van der Waals surface area contributed by atoms with E-state index in [1.165, 1.54) is 25.9 Å². The minimum absolute atomic E-state index is 0.0177. The van der Waals surface area contributed by atoms with E-state index in [0.29, 0.717) is 24.7 Å². The zero-order valence-electron chi connectivity index (χ0n) is 20.1. The molecule has 1 aliphatic heterocycles. The first kappa shape index (κ1) is 24.2. The zero-order valence-corrected chi connectivity index (χ0v) is 20.9. The van der Waals surface area contributed by atoms with Crippen molar-refractivity contribution in [1.82, 2.24) is 29.3 Å². The van der Waals surface area contributed by atoms with Crippen LogP contribution in [0.3, 0.4) is 0 Å².